The van der Waals surface area contributed by atoms with E-state index >= 15 is 0 Å². The summed E-state index contributed by atoms with van der Waals surface area (Å²) in [6.45, 7) is 0. The van der Waals surface area contributed by atoms with Gasteiger partial charge >= 0.3 is 0 Å². The van der Waals surface area contributed by atoms with Crippen LogP contribution in [-0.4, -0.2) is 31.7 Å². The van der Waals surface area contributed by atoms with E-state index in [1.54, 1.807) is 0 Å². The molecule has 100 valence electrons. The summed E-state index contributed by atoms with van der Waals surface area (Å²) in [4.78, 5) is 0. The molecule has 19 heavy (non-hydrogen) atoms. The van der Waals surface area contributed by atoms with Crippen molar-refractivity contribution < 1.29 is 4.48 Å². The largest absolute Gasteiger partial charge is 0.328 e. The zero-order valence-corrected chi connectivity index (χ0v) is 12.2. The molecule has 0 aliphatic heterocycles. The summed E-state index contributed by atoms with van der Waals surface area (Å²) < 4.78 is 0.990. The van der Waals surface area contributed by atoms with Gasteiger partial charge in [-0.05, 0) is 11.1 Å². The third kappa shape index (κ3) is 4.22. The number of quaternary nitrogens is 1. The third-order valence-electron chi connectivity index (χ3n) is 3.72. The molecule has 0 aromatic heterocycles. The van der Waals surface area contributed by atoms with Gasteiger partial charge in [0.05, 0.1) is 27.2 Å². The van der Waals surface area contributed by atoms with Crippen LogP contribution in [0.25, 0.3) is 0 Å². The second-order valence-electron chi connectivity index (χ2n) is 6.15. The van der Waals surface area contributed by atoms with Crippen LogP contribution in [0.2, 0.25) is 0 Å². The molecule has 0 bridgehead atoms. The van der Waals surface area contributed by atoms with E-state index in [-0.39, 0.29) is 0 Å². The van der Waals surface area contributed by atoms with Crippen molar-refractivity contribution in [3.05, 3.63) is 71.8 Å². The van der Waals surface area contributed by atoms with Gasteiger partial charge in [-0.2, -0.15) is 0 Å². The van der Waals surface area contributed by atoms with Crippen LogP contribution >= 0.6 is 0 Å². The van der Waals surface area contributed by atoms with E-state index in [0.717, 1.165) is 17.3 Å². The Morgan fingerprint density at radius 2 is 1.05 bits per heavy atom. The molecule has 0 fully saturated rings. The normalized spacial score (nSPS) is 11.8. The van der Waals surface area contributed by atoms with E-state index in [1.165, 1.54) is 11.1 Å². The Hall–Kier alpha value is -1.60. The maximum Gasteiger partial charge on any atom is 0.0965 e. The third-order valence-corrected chi connectivity index (χ3v) is 3.72. The fourth-order valence-corrected chi connectivity index (χ4v) is 2.39. The molecule has 0 N–H and O–H groups in total. The topological polar surface area (TPSA) is 0 Å². The fourth-order valence-electron chi connectivity index (χ4n) is 2.39. The van der Waals surface area contributed by atoms with Gasteiger partial charge in [0.15, 0.2) is 0 Å². The Bertz CT molecular complexity index is 441. The number of rotatable bonds is 5. The smallest absolute Gasteiger partial charge is 0.0965 e. The number of hydrogen-bond donors (Lipinski definition) is 0. The van der Waals surface area contributed by atoms with Gasteiger partial charge in [0.2, 0.25) is 0 Å². The van der Waals surface area contributed by atoms with E-state index in [0.29, 0.717) is 6.04 Å². The molecule has 0 aliphatic carbocycles. The lowest BCUT2D eigenvalue weighted by Crippen LogP contribution is -2.47. The van der Waals surface area contributed by atoms with Gasteiger partial charge in [-0.25, -0.2) is 0 Å². The van der Waals surface area contributed by atoms with Crippen molar-refractivity contribution in [3.63, 3.8) is 0 Å². The van der Waals surface area contributed by atoms with E-state index in [4.69, 9.17) is 0 Å². The molecule has 0 amide bonds. The zero-order chi connectivity index (χ0) is 13.7. The van der Waals surface area contributed by atoms with Crippen molar-refractivity contribution in [2.75, 3.05) is 21.1 Å². The maximum absolute atomic E-state index is 2.29. The predicted molar refractivity (Wildman–Crippen MR) is 82.1 cm³/mol. The molecule has 0 heterocycles. The summed E-state index contributed by atoms with van der Waals surface area (Å²) in [7, 11) is 6.86. The number of benzene rings is 2. The van der Waals surface area contributed by atoms with Gasteiger partial charge in [-0.15, -0.1) is 0 Å². The van der Waals surface area contributed by atoms with Crippen LogP contribution in [0.4, 0.5) is 0 Å². The molecule has 0 saturated carbocycles. The summed E-state index contributed by atoms with van der Waals surface area (Å²) in [5.41, 5.74) is 2.85. The Balaban J connectivity index is 2.13. The van der Waals surface area contributed by atoms with Crippen LogP contribution in [0.1, 0.15) is 11.1 Å². The standard InChI is InChI=1S/C18H24N/c1-19(2,3)18(14-16-10-6-4-7-11-16)15-17-12-8-5-9-13-17/h4-13,18H,14-15H2,1-3H3/q+1. The summed E-state index contributed by atoms with van der Waals surface area (Å²) in [5, 5.41) is 0. The Morgan fingerprint density at radius 3 is 1.37 bits per heavy atom. The molecule has 0 aliphatic rings. The average Bonchev–Trinajstić information content (AvgIpc) is 2.39. The van der Waals surface area contributed by atoms with Gasteiger partial charge in [0, 0.05) is 12.8 Å². The zero-order valence-electron chi connectivity index (χ0n) is 12.2. The van der Waals surface area contributed by atoms with E-state index in [9.17, 15) is 0 Å². The Morgan fingerprint density at radius 1 is 0.684 bits per heavy atom. The molecule has 1 heteroatoms. The van der Waals surface area contributed by atoms with Gasteiger partial charge in [-0.1, -0.05) is 60.7 Å². The lowest BCUT2D eigenvalue weighted by molar-refractivity contribution is -0.895. The van der Waals surface area contributed by atoms with Crippen LogP contribution in [0.15, 0.2) is 60.7 Å². The van der Waals surface area contributed by atoms with Crippen LogP contribution in [0.5, 0.6) is 0 Å². The van der Waals surface area contributed by atoms with Crippen molar-refractivity contribution in [2.45, 2.75) is 18.9 Å². The number of likely N-dealkylation sites (N-methyl/N-ethyl adjacent to an activating group) is 1. The summed E-state index contributed by atoms with van der Waals surface area (Å²) in [5.74, 6) is 0. The molecule has 0 radical (unpaired) electrons. The monoisotopic (exact) mass is 254 g/mol. The van der Waals surface area contributed by atoms with Crippen molar-refractivity contribution in [3.8, 4) is 0 Å². The number of hydrogen-bond acceptors (Lipinski definition) is 0. The summed E-state index contributed by atoms with van der Waals surface area (Å²) >= 11 is 0. The van der Waals surface area contributed by atoms with Crippen LogP contribution < -0.4 is 0 Å². The van der Waals surface area contributed by atoms with E-state index < -0.39 is 0 Å². The van der Waals surface area contributed by atoms with Crippen LogP contribution in [0.3, 0.4) is 0 Å². The molecule has 1 nitrogen and oxygen atoms in total. The highest BCUT2D eigenvalue weighted by Gasteiger charge is 2.24. The van der Waals surface area contributed by atoms with Gasteiger partial charge in [0.25, 0.3) is 0 Å². The quantitative estimate of drug-likeness (QED) is 0.716. The van der Waals surface area contributed by atoms with E-state index in [2.05, 4.69) is 81.8 Å². The SMILES string of the molecule is C[N+](C)(C)C(Cc1ccccc1)Cc1ccccc1. The van der Waals surface area contributed by atoms with Gasteiger partial charge in [0.1, 0.15) is 0 Å². The molecule has 0 unspecified atom stereocenters. The highest BCUT2D eigenvalue weighted by molar-refractivity contribution is 5.19. The van der Waals surface area contributed by atoms with Crippen LogP contribution in [0, 0.1) is 0 Å². The highest BCUT2D eigenvalue weighted by Crippen LogP contribution is 2.16. The first-order valence-electron chi connectivity index (χ1n) is 6.94. The number of nitrogens with zero attached hydrogens (tertiary/aromatic N) is 1. The first kappa shape index (κ1) is 13.8. The van der Waals surface area contributed by atoms with E-state index in [1.807, 2.05) is 0 Å². The second-order valence-corrected chi connectivity index (χ2v) is 6.15. The molecule has 2 aromatic carbocycles. The minimum absolute atomic E-state index is 0.602. The fraction of sp³-hybridized carbons (Fsp3) is 0.333. The molecule has 0 spiro atoms. The van der Waals surface area contributed by atoms with Crippen molar-refractivity contribution >= 4 is 0 Å². The molecule has 2 aromatic rings. The molecular formula is C18H24N+. The summed E-state index contributed by atoms with van der Waals surface area (Å²) in [6, 6.07) is 22.2. The minimum Gasteiger partial charge on any atom is -0.328 e. The molecular weight excluding hydrogens is 230 g/mol. The summed E-state index contributed by atoms with van der Waals surface area (Å²) in [6.07, 6.45) is 2.25. The Kier molecular flexibility index (Phi) is 4.39. The predicted octanol–water partition coefficient (Wildman–Crippen LogP) is 3.55. The molecule has 2 rings (SSSR count). The second kappa shape index (κ2) is 6.03. The molecule has 0 atom stereocenters. The lowest BCUT2D eigenvalue weighted by atomic mass is 9.97. The highest BCUT2D eigenvalue weighted by atomic mass is 15.3. The van der Waals surface area contributed by atoms with Crippen molar-refractivity contribution in [1.29, 1.82) is 0 Å². The van der Waals surface area contributed by atoms with Gasteiger partial charge in [-0.3, -0.25) is 0 Å². The lowest BCUT2D eigenvalue weighted by Gasteiger charge is -2.34. The first-order chi connectivity index (χ1) is 9.05. The first-order valence-corrected chi connectivity index (χ1v) is 6.94. The van der Waals surface area contributed by atoms with Crippen LogP contribution in [-0.2, 0) is 12.8 Å². The maximum atomic E-state index is 2.29. The molecule has 0 saturated heterocycles. The Labute approximate surface area is 117 Å². The van der Waals surface area contributed by atoms with Crippen molar-refractivity contribution in [1.82, 2.24) is 0 Å². The average molecular weight is 254 g/mol. The van der Waals surface area contributed by atoms with Gasteiger partial charge < -0.3 is 4.48 Å². The van der Waals surface area contributed by atoms with Crippen molar-refractivity contribution in [2.24, 2.45) is 0 Å². The minimum atomic E-state index is 0.602.